The molecule has 27 heavy (non-hydrogen) atoms. The second kappa shape index (κ2) is 8.52. The molecule has 0 aliphatic carbocycles. The number of carbonyl (C=O) groups excluding carboxylic acids is 2. The molecule has 3 heterocycles. The molecule has 6 nitrogen and oxygen atoms in total. The standard InChI is InChI=1S/C20H27N3O3S/c24-18(23-10-11-26-16(12-23)14-6-2-1-3-7-14)9-5-4-8-17-19-15(13-27-17)21-20(25)22-19/h1-3,6-7,15-17,19H,4-5,8-13H2,(H2,21,22,25)/t15-,16+,17-,19-/m0/s1. The lowest BCUT2D eigenvalue weighted by Crippen LogP contribution is -2.42. The third-order valence-electron chi connectivity index (χ3n) is 5.66. The van der Waals surface area contributed by atoms with Crippen molar-refractivity contribution in [2.45, 2.75) is 49.1 Å². The van der Waals surface area contributed by atoms with E-state index in [9.17, 15) is 9.59 Å². The lowest BCUT2D eigenvalue weighted by Gasteiger charge is -2.33. The maximum absolute atomic E-state index is 12.6. The van der Waals surface area contributed by atoms with Gasteiger partial charge in [-0.25, -0.2) is 4.79 Å². The molecule has 3 aliphatic rings. The van der Waals surface area contributed by atoms with Gasteiger partial charge in [0.2, 0.25) is 5.91 Å². The zero-order valence-corrected chi connectivity index (χ0v) is 16.2. The quantitative estimate of drug-likeness (QED) is 0.579. The largest absolute Gasteiger partial charge is 0.370 e. The van der Waals surface area contributed by atoms with E-state index in [1.165, 1.54) is 0 Å². The Bertz CT molecular complexity index is 672. The number of fused-ring (bicyclic) bond motifs is 1. The molecule has 3 amide bonds. The number of morpholine rings is 1. The van der Waals surface area contributed by atoms with Gasteiger partial charge in [-0.05, 0) is 18.4 Å². The number of rotatable bonds is 6. The van der Waals surface area contributed by atoms with Crippen molar-refractivity contribution in [2.24, 2.45) is 0 Å². The molecule has 4 rings (SSSR count). The van der Waals surface area contributed by atoms with Gasteiger partial charge in [0.05, 0.1) is 25.2 Å². The van der Waals surface area contributed by atoms with Gasteiger partial charge in [-0.15, -0.1) is 0 Å². The Kier molecular flexibility index (Phi) is 5.88. The van der Waals surface area contributed by atoms with Crippen LogP contribution in [-0.4, -0.2) is 59.6 Å². The van der Waals surface area contributed by atoms with Crippen LogP contribution in [0.3, 0.4) is 0 Å². The average Bonchev–Trinajstić information content (AvgIpc) is 3.25. The van der Waals surface area contributed by atoms with Gasteiger partial charge < -0.3 is 20.3 Å². The molecular formula is C20H27N3O3S. The fraction of sp³-hybridized carbons (Fsp3) is 0.600. The monoisotopic (exact) mass is 389 g/mol. The van der Waals surface area contributed by atoms with Crippen LogP contribution in [0.25, 0.3) is 0 Å². The lowest BCUT2D eigenvalue weighted by atomic mass is 10.0. The third-order valence-corrected chi connectivity index (χ3v) is 7.17. The van der Waals surface area contributed by atoms with Gasteiger partial charge in [0, 0.05) is 24.0 Å². The Morgan fingerprint density at radius 2 is 2.07 bits per heavy atom. The second-order valence-corrected chi connectivity index (χ2v) is 8.75. The summed E-state index contributed by atoms with van der Waals surface area (Å²) in [6, 6.07) is 10.6. The zero-order chi connectivity index (χ0) is 18.6. The van der Waals surface area contributed by atoms with Crippen molar-refractivity contribution in [1.29, 1.82) is 0 Å². The van der Waals surface area contributed by atoms with Crippen molar-refractivity contribution < 1.29 is 14.3 Å². The van der Waals surface area contributed by atoms with Crippen molar-refractivity contribution >= 4 is 23.7 Å². The number of unbranched alkanes of at least 4 members (excludes halogenated alkanes) is 1. The average molecular weight is 390 g/mol. The molecule has 146 valence electrons. The molecule has 7 heteroatoms. The summed E-state index contributed by atoms with van der Waals surface area (Å²) in [6.07, 6.45) is 3.56. The highest BCUT2D eigenvalue weighted by molar-refractivity contribution is 8.00. The van der Waals surface area contributed by atoms with Crippen LogP contribution in [0.5, 0.6) is 0 Å². The predicted octanol–water partition coefficient (Wildman–Crippen LogP) is 2.31. The molecule has 3 saturated heterocycles. The first-order valence-electron chi connectivity index (χ1n) is 9.83. The first-order valence-corrected chi connectivity index (χ1v) is 10.9. The number of nitrogens with zero attached hydrogens (tertiary/aromatic N) is 1. The normalized spacial score (nSPS) is 29.9. The van der Waals surface area contributed by atoms with Crippen LogP contribution in [0, 0.1) is 0 Å². The number of hydrogen-bond donors (Lipinski definition) is 2. The van der Waals surface area contributed by atoms with Crippen molar-refractivity contribution in [3.05, 3.63) is 35.9 Å². The Morgan fingerprint density at radius 3 is 2.93 bits per heavy atom. The van der Waals surface area contributed by atoms with Gasteiger partial charge in [-0.1, -0.05) is 36.8 Å². The highest BCUT2D eigenvalue weighted by Crippen LogP contribution is 2.33. The maximum atomic E-state index is 12.6. The molecule has 0 saturated carbocycles. The molecule has 1 aromatic carbocycles. The third kappa shape index (κ3) is 4.41. The molecule has 0 spiro atoms. The number of carbonyl (C=O) groups is 2. The summed E-state index contributed by atoms with van der Waals surface area (Å²) in [5.74, 6) is 1.22. The van der Waals surface area contributed by atoms with E-state index in [1.807, 2.05) is 34.9 Å². The van der Waals surface area contributed by atoms with Gasteiger partial charge in [0.1, 0.15) is 6.10 Å². The highest BCUT2D eigenvalue weighted by Gasteiger charge is 2.42. The number of amides is 3. The molecule has 0 bridgehead atoms. The molecule has 3 aliphatic heterocycles. The molecule has 2 N–H and O–H groups in total. The van der Waals surface area contributed by atoms with E-state index >= 15 is 0 Å². The zero-order valence-electron chi connectivity index (χ0n) is 15.4. The van der Waals surface area contributed by atoms with E-state index in [0.29, 0.717) is 31.4 Å². The summed E-state index contributed by atoms with van der Waals surface area (Å²) in [7, 11) is 0. The fourth-order valence-electron chi connectivity index (χ4n) is 4.17. The van der Waals surface area contributed by atoms with E-state index in [2.05, 4.69) is 22.8 Å². The molecule has 0 aromatic heterocycles. The van der Waals surface area contributed by atoms with Crippen LogP contribution in [-0.2, 0) is 9.53 Å². The van der Waals surface area contributed by atoms with Crippen LogP contribution in [0.4, 0.5) is 4.79 Å². The fourth-order valence-corrected chi connectivity index (χ4v) is 5.71. The molecular weight excluding hydrogens is 362 g/mol. The Morgan fingerprint density at radius 1 is 1.22 bits per heavy atom. The van der Waals surface area contributed by atoms with Crippen LogP contribution in [0.1, 0.15) is 37.4 Å². The molecule has 0 radical (unpaired) electrons. The predicted molar refractivity (Wildman–Crippen MR) is 106 cm³/mol. The summed E-state index contributed by atoms with van der Waals surface area (Å²) in [5, 5.41) is 6.47. The van der Waals surface area contributed by atoms with E-state index in [1.54, 1.807) is 0 Å². The van der Waals surface area contributed by atoms with E-state index < -0.39 is 0 Å². The highest BCUT2D eigenvalue weighted by atomic mass is 32.2. The van der Waals surface area contributed by atoms with Gasteiger partial charge in [0.25, 0.3) is 0 Å². The lowest BCUT2D eigenvalue weighted by molar-refractivity contribution is -0.139. The van der Waals surface area contributed by atoms with Gasteiger partial charge >= 0.3 is 6.03 Å². The minimum atomic E-state index is -0.0363. The Labute approximate surface area is 164 Å². The van der Waals surface area contributed by atoms with E-state index in [-0.39, 0.29) is 30.1 Å². The second-order valence-electron chi connectivity index (χ2n) is 7.48. The molecule has 4 atom stereocenters. The first-order chi connectivity index (χ1) is 13.2. The maximum Gasteiger partial charge on any atom is 0.315 e. The molecule has 3 fully saturated rings. The summed E-state index contributed by atoms with van der Waals surface area (Å²) < 4.78 is 5.85. The van der Waals surface area contributed by atoms with Gasteiger partial charge in [-0.2, -0.15) is 11.8 Å². The van der Waals surface area contributed by atoms with Gasteiger partial charge in [-0.3, -0.25) is 4.79 Å². The summed E-state index contributed by atoms with van der Waals surface area (Å²) in [4.78, 5) is 26.0. The molecule has 1 aromatic rings. The van der Waals surface area contributed by atoms with Crippen LogP contribution in [0.2, 0.25) is 0 Å². The van der Waals surface area contributed by atoms with Crippen LogP contribution >= 0.6 is 11.8 Å². The Hall–Kier alpha value is -1.73. The Balaban J connectivity index is 1.19. The number of hydrogen-bond acceptors (Lipinski definition) is 4. The van der Waals surface area contributed by atoms with Crippen LogP contribution in [0.15, 0.2) is 30.3 Å². The van der Waals surface area contributed by atoms with Gasteiger partial charge in [0.15, 0.2) is 0 Å². The minimum absolute atomic E-state index is 0.0193. The number of nitrogens with one attached hydrogen (secondary N) is 2. The smallest absolute Gasteiger partial charge is 0.315 e. The van der Waals surface area contributed by atoms with E-state index in [0.717, 1.165) is 30.6 Å². The van der Waals surface area contributed by atoms with E-state index in [4.69, 9.17) is 4.74 Å². The number of thioether (sulfide) groups is 1. The topological polar surface area (TPSA) is 70.7 Å². The SMILES string of the molecule is O=C1N[C@H]2[C@H](CS[C@H]2CCCCC(=O)N2CCO[C@@H](c3ccccc3)C2)N1. The summed E-state index contributed by atoms with van der Waals surface area (Å²) >= 11 is 1.93. The molecule has 0 unspecified atom stereocenters. The minimum Gasteiger partial charge on any atom is -0.370 e. The van der Waals surface area contributed by atoms with Crippen molar-refractivity contribution in [2.75, 3.05) is 25.4 Å². The number of urea groups is 1. The van der Waals surface area contributed by atoms with Crippen LogP contribution < -0.4 is 10.6 Å². The van der Waals surface area contributed by atoms with Crippen molar-refractivity contribution in [3.63, 3.8) is 0 Å². The number of benzene rings is 1. The summed E-state index contributed by atoms with van der Waals surface area (Å²) in [5.41, 5.74) is 1.13. The van der Waals surface area contributed by atoms with Crippen molar-refractivity contribution in [1.82, 2.24) is 15.5 Å². The first kappa shape index (κ1) is 18.6. The van der Waals surface area contributed by atoms with Crippen molar-refractivity contribution in [3.8, 4) is 0 Å². The number of ether oxygens (including phenoxy) is 1. The summed E-state index contributed by atoms with van der Waals surface area (Å²) in [6.45, 7) is 1.92.